The summed E-state index contributed by atoms with van der Waals surface area (Å²) in [5.74, 6) is -1.12. The van der Waals surface area contributed by atoms with Crippen LogP contribution in [-0.4, -0.2) is 68.4 Å². The molecule has 4 rings (SSSR count). The fraction of sp³-hybridized carbons (Fsp3) is 0.636. The molecule has 1 aliphatic heterocycles. The average Bonchev–Trinajstić information content (AvgIpc) is 3.29. The molecule has 0 unspecified atom stereocenters. The second kappa shape index (κ2) is 10.9. The fourth-order valence-corrected chi connectivity index (χ4v) is 5.10. The van der Waals surface area contributed by atoms with Gasteiger partial charge in [-0.25, -0.2) is 15.0 Å². The van der Waals surface area contributed by atoms with E-state index in [1.54, 1.807) is 4.57 Å². The van der Waals surface area contributed by atoms with Crippen molar-refractivity contribution in [2.24, 2.45) is 0 Å². The van der Waals surface area contributed by atoms with Gasteiger partial charge in [0.05, 0.1) is 0 Å². The molecule has 0 bridgehead atoms. The van der Waals surface area contributed by atoms with Crippen LogP contribution in [-0.2, 0) is 33.3 Å². The van der Waals surface area contributed by atoms with Crippen molar-refractivity contribution in [1.82, 2.24) is 19.5 Å². The number of anilines is 1. The maximum Gasteiger partial charge on any atom is 0.303 e. The molecule has 12 nitrogen and oxygen atoms in total. The smallest absolute Gasteiger partial charge is 0.303 e. The largest absolute Gasteiger partial charge is 0.463 e. The fourth-order valence-electron chi connectivity index (χ4n) is 4.55. The monoisotopic (exact) mass is 553 g/mol. The zero-order valence-electron chi connectivity index (χ0n) is 19.7. The van der Waals surface area contributed by atoms with E-state index in [-0.39, 0.29) is 6.61 Å². The minimum Gasteiger partial charge on any atom is -0.463 e. The van der Waals surface area contributed by atoms with Crippen molar-refractivity contribution in [3.63, 3.8) is 0 Å². The number of rotatable bonds is 7. The van der Waals surface area contributed by atoms with Gasteiger partial charge in [0.25, 0.3) is 0 Å². The van der Waals surface area contributed by atoms with E-state index >= 15 is 0 Å². The van der Waals surface area contributed by atoms with Crippen LogP contribution in [0.3, 0.4) is 0 Å². The molecule has 1 saturated heterocycles. The maximum absolute atomic E-state index is 12.0. The van der Waals surface area contributed by atoms with E-state index in [2.05, 4.69) is 36.2 Å². The van der Waals surface area contributed by atoms with E-state index in [9.17, 15) is 14.4 Å². The van der Waals surface area contributed by atoms with Crippen molar-refractivity contribution < 1.29 is 33.3 Å². The molecule has 2 aliphatic rings. The van der Waals surface area contributed by atoms with E-state index < -0.39 is 42.4 Å². The lowest BCUT2D eigenvalue weighted by atomic mass is 9.95. The highest BCUT2D eigenvalue weighted by molar-refractivity contribution is 9.10. The Kier molecular flexibility index (Phi) is 7.85. The Balaban J connectivity index is 1.71. The van der Waals surface area contributed by atoms with Gasteiger partial charge in [-0.2, -0.15) is 0 Å². The van der Waals surface area contributed by atoms with Crippen molar-refractivity contribution >= 4 is 50.8 Å². The summed E-state index contributed by atoms with van der Waals surface area (Å²) < 4.78 is 24.2. The molecule has 190 valence electrons. The number of imidazole rings is 1. The number of hydrogen-bond acceptors (Lipinski definition) is 11. The van der Waals surface area contributed by atoms with Gasteiger partial charge in [-0.15, -0.1) is 0 Å². The number of carbonyl (C=O) groups excluding carboxylic acids is 3. The summed E-state index contributed by atoms with van der Waals surface area (Å²) in [5, 5.41) is 3.47. The van der Waals surface area contributed by atoms with E-state index in [0.29, 0.717) is 27.8 Å². The van der Waals surface area contributed by atoms with Crippen molar-refractivity contribution in [2.45, 2.75) is 83.5 Å². The molecular formula is C22H28BrN5O7. The van der Waals surface area contributed by atoms with Crippen LogP contribution in [0, 0.1) is 0 Å². The zero-order chi connectivity index (χ0) is 25.1. The van der Waals surface area contributed by atoms with Crippen LogP contribution >= 0.6 is 15.9 Å². The average molecular weight is 554 g/mol. The third-order valence-corrected chi connectivity index (χ3v) is 6.53. The van der Waals surface area contributed by atoms with Crippen LogP contribution in [0.15, 0.2) is 11.1 Å². The van der Waals surface area contributed by atoms with Gasteiger partial charge in [-0.05, 0) is 28.8 Å². The van der Waals surface area contributed by atoms with Crippen LogP contribution in [0.2, 0.25) is 0 Å². The predicted molar refractivity (Wildman–Crippen MR) is 125 cm³/mol. The Morgan fingerprint density at radius 3 is 2.40 bits per heavy atom. The molecule has 35 heavy (non-hydrogen) atoms. The van der Waals surface area contributed by atoms with Crippen molar-refractivity contribution in [2.75, 3.05) is 11.9 Å². The van der Waals surface area contributed by atoms with Gasteiger partial charge in [-0.3, -0.25) is 19.0 Å². The normalized spacial score (nSPS) is 24.8. The van der Waals surface area contributed by atoms with Gasteiger partial charge in [0.1, 0.15) is 19.0 Å². The lowest BCUT2D eigenvalue weighted by Crippen LogP contribution is -2.40. The molecule has 0 spiro atoms. The SMILES string of the molecule is CC(=O)OC[C@H]1O[C@@H](n2c(Br)nc3c(NC4CCCCC4)ncnc32)[C@H](OC(C)=O)[C@@H]1OC(C)=O. The number of esters is 3. The summed E-state index contributed by atoms with van der Waals surface area (Å²) >= 11 is 3.47. The topological polar surface area (TPSA) is 144 Å². The number of nitrogens with zero attached hydrogens (tertiary/aromatic N) is 4. The first-order valence-corrected chi connectivity index (χ1v) is 12.3. The molecule has 1 N–H and O–H groups in total. The summed E-state index contributed by atoms with van der Waals surface area (Å²) in [6.45, 7) is 3.54. The van der Waals surface area contributed by atoms with Gasteiger partial charge in [0.15, 0.2) is 40.2 Å². The third-order valence-electron chi connectivity index (χ3n) is 5.97. The summed E-state index contributed by atoms with van der Waals surface area (Å²) in [7, 11) is 0. The van der Waals surface area contributed by atoms with Crippen LogP contribution in [0.4, 0.5) is 5.82 Å². The standard InChI is InChI=1S/C22H28BrN5O7/c1-11(29)32-9-15-17(33-12(2)30)18(34-13(3)31)21(35-15)28-20-16(27-22(28)23)19(24-10-25-20)26-14-7-5-4-6-8-14/h10,14-15,17-18,21H,4-9H2,1-3H3,(H,24,25,26)/t15-,17-,18-,21-/m1/s1. The van der Waals surface area contributed by atoms with Crippen LogP contribution in [0.1, 0.15) is 59.1 Å². The molecule has 0 radical (unpaired) electrons. The van der Waals surface area contributed by atoms with Crippen molar-refractivity contribution in [1.29, 1.82) is 0 Å². The summed E-state index contributed by atoms with van der Waals surface area (Å²) in [6.07, 6.45) is 3.15. The van der Waals surface area contributed by atoms with E-state index in [4.69, 9.17) is 18.9 Å². The van der Waals surface area contributed by atoms with Crippen LogP contribution < -0.4 is 5.32 Å². The Morgan fingerprint density at radius 1 is 1.06 bits per heavy atom. The van der Waals surface area contributed by atoms with Crippen molar-refractivity contribution in [3.05, 3.63) is 11.1 Å². The highest BCUT2D eigenvalue weighted by Gasteiger charge is 2.51. The Bertz CT molecular complexity index is 1100. The number of ether oxygens (including phenoxy) is 4. The van der Waals surface area contributed by atoms with E-state index in [1.165, 1.54) is 33.5 Å². The first kappa shape index (κ1) is 25.3. The van der Waals surface area contributed by atoms with Gasteiger partial charge >= 0.3 is 17.9 Å². The Morgan fingerprint density at radius 2 is 1.74 bits per heavy atom. The third kappa shape index (κ3) is 5.72. The number of carbonyl (C=O) groups is 3. The molecule has 1 aliphatic carbocycles. The molecule has 2 aromatic rings. The minimum absolute atomic E-state index is 0.199. The van der Waals surface area contributed by atoms with Crippen LogP contribution in [0.5, 0.6) is 0 Å². The number of halogens is 1. The lowest BCUT2D eigenvalue weighted by Gasteiger charge is -2.24. The summed E-state index contributed by atoms with van der Waals surface area (Å²) in [4.78, 5) is 48.6. The van der Waals surface area contributed by atoms with E-state index in [0.717, 1.165) is 25.7 Å². The molecule has 0 aromatic carbocycles. The molecule has 3 heterocycles. The Hall–Kier alpha value is -2.80. The summed E-state index contributed by atoms with van der Waals surface area (Å²) in [5.41, 5.74) is 0.949. The molecular weight excluding hydrogens is 526 g/mol. The number of hydrogen-bond donors (Lipinski definition) is 1. The Labute approximate surface area is 210 Å². The first-order valence-electron chi connectivity index (χ1n) is 11.5. The highest BCUT2D eigenvalue weighted by atomic mass is 79.9. The second-order valence-corrected chi connectivity index (χ2v) is 9.35. The quantitative estimate of drug-likeness (QED) is 0.306. The van der Waals surface area contributed by atoms with Gasteiger partial charge in [-0.1, -0.05) is 19.3 Å². The van der Waals surface area contributed by atoms with Crippen molar-refractivity contribution in [3.8, 4) is 0 Å². The number of fused-ring (bicyclic) bond motifs is 1. The zero-order valence-corrected chi connectivity index (χ0v) is 21.3. The molecule has 13 heteroatoms. The van der Waals surface area contributed by atoms with E-state index in [1.807, 2.05) is 0 Å². The molecule has 2 aromatic heterocycles. The lowest BCUT2D eigenvalue weighted by molar-refractivity contribution is -0.166. The minimum atomic E-state index is -1.05. The second-order valence-electron chi connectivity index (χ2n) is 8.64. The first-order chi connectivity index (χ1) is 16.7. The molecule has 4 atom stereocenters. The highest BCUT2D eigenvalue weighted by Crippen LogP contribution is 2.39. The van der Waals surface area contributed by atoms with Gasteiger partial charge < -0.3 is 24.3 Å². The number of nitrogens with one attached hydrogen (secondary N) is 1. The summed E-state index contributed by atoms with van der Waals surface area (Å²) in [6, 6.07) is 0.295. The maximum atomic E-state index is 12.0. The van der Waals surface area contributed by atoms with Gasteiger partial charge in [0, 0.05) is 26.8 Å². The molecule has 2 fully saturated rings. The van der Waals surface area contributed by atoms with Gasteiger partial charge in [0.2, 0.25) is 0 Å². The predicted octanol–water partition coefficient (Wildman–Crippen LogP) is 2.66. The molecule has 0 amide bonds. The molecule has 1 saturated carbocycles. The number of aromatic nitrogens is 4. The van der Waals surface area contributed by atoms with Crippen LogP contribution in [0.25, 0.3) is 11.2 Å².